The first kappa shape index (κ1) is 34.0. The van der Waals surface area contributed by atoms with Gasteiger partial charge in [0, 0.05) is 35.3 Å². The third kappa shape index (κ3) is 5.89. The molecular weight excluding hydrogens is 678 g/mol. The van der Waals surface area contributed by atoms with Gasteiger partial charge in [-0.25, -0.2) is 14.4 Å². The fraction of sp³-hybridized carbons (Fsp3) is 0.441. The van der Waals surface area contributed by atoms with Gasteiger partial charge < -0.3 is 20.1 Å². The summed E-state index contributed by atoms with van der Waals surface area (Å²) in [6.45, 7) is 7.23. The van der Waals surface area contributed by atoms with Gasteiger partial charge in [0.1, 0.15) is 35.3 Å². The molecule has 11 nitrogen and oxygen atoms in total. The standard InChI is InChI=1S/C27H24ClF3N8O2.C7H12FN/c1-11-8-16-15(9-34-38-16)17(19(11)27(29,30)31)21-20(28)22-18-24(37-26(36-22)40-4)39(12(2)10-41-25(18)35-21)13(3)14-6-5-7-33-23(14)32;8-6-4-7-2-1-3-9(7)5-6/h5-9,12-13H,10H2,1-4H3,(H2,32,33)(H,34,38);6-7H,1-5H2/t12-,13?;/m0./s1. The number of nitrogen functional groups attached to an aromatic ring is 1. The number of methoxy groups -OCH3 is 1. The van der Waals surface area contributed by atoms with Crippen LogP contribution < -0.4 is 20.1 Å². The van der Waals surface area contributed by atoms with Gasteiger partial charge in [-0.15, -0.1) is 0 Å². The van der Waals surface area contributed by atoms with E-state index in [-0.39, 0.29) is 63.3 Å². The van der Waals surface area contributed by atoms with Gasteiger partial charge in [0.2, 0.25) is 5.88 Å². The molecule has 8 rings (SSSR count). The predicted molar refractivity (Wildman–Crippen MR) is 182 cm³/mol. The van der Waals surface area contributed by atoms with E-state index in [1.807, 2.05) is 24.8 Å². The first-order valence-electron chi connectivity index (χ1n) is 16.4. The molecule has 7 heterocycles. The molecule has 0 radical (unpaired) electrons. The van der Waals surface area contributed by atoms with E-state index in [1.54, 1.807) is 12.3 Å². The zero-order chi connectivity index (χ0) is 35.5. The quantitative estimate of drug-likeness (QED) is 0.186. The number of benzene rings is 1. The number of aryl methyl sites for hydroxylation is 1. The van der Waals surface area contributed by atoms with Crippen molar-refractivity contribution >= 4 is 45.0 Å². The topological polar surface area (TPSA) is 131 Å². The number of nitrogens with zero attached hydrogens (tertiary/aromatic N) is 7. The molecular formula is C34H36ClF4N9O2. The first-order valence-corrected chi connectivity index (χ1v) is 16.7. The number of alkyl halides is 4. The van der Waals surface area contributed by atoms with Crippen molar-refractivity contribution < 1.29 is 27.0 Å². The van der Waals surface area contributed by atoms with Crippen molar-refractivity contribution in [3.05, 3.63) is 52.3 Å². The number of hydrogen-bond donors (Lipinski definition) is 2. The van der Waals surface area contributed by atoms with Crippen molar-refractivity contribution in [1.29, 1.82) is 0 Å². The minimum atomic E-state index is -4.71. The van der Waals surface area contributed by atoms with Crippen LogP contribution in [0.2, 0.25) is 5.02 Å². The molecule has 0 bridgehead atoms. The number of nitrogens with one attached hydrogen (secondary N) is 1. The second-order valence-corrected chi connectivity index (χ2v) is 13.3. The molecule has 2 fully saturated rings. The normalized spacial score (nSPS) is 21.1. The van der Waals surface area contributed by atoms with Crippen LogP contribution in [0.5, 0.6) is 11.9 Å². The largest absolute Gasteiger partial charge is 0.475 e. The third-order valence-electron chi connectivity index (χ3n) is 9.74. The number of pyridine rings is 2. The lowest BCUT2D eigenvalue weighted by molar-refractivity contribution is -0.137. The van der Waals surface area contributed by atoms with Gasteiger partial charge in [-0.2, -0.15) is 28.2 Å². The third-order valence-corrected chi connectivity index (χ3v) is 10.1. The van der Waals surface area contributed by atoms with Crippen molar-refractivity contribution in [3.8, 4) is 23.1 Å². The first-order chi connectivity index (χ1) is 23.9. The highest BCUT2D eigenvalue weighted by molar-refractivity contribution is 6.38. The Labute approximate surface area is 290 Å². The molecule has 3 unspecified atom stereocenters. The van der Waals surface area contributed by atoms with Crippen LogP contribution in [0.25, 0.3) is 33.1 Å². The predicted octanol–water partition coefficient (Wildman–Crippen LogP) is 7.08. The maximum Gasteiger partial charge on any atom is 0.417 e. The van der Waals surface area contributed by atoms with E-state index in [2.05, 4.69) is 35.0 Å². The lowest BCUT2D eigenvalue weighted by Gasteiger charge is -2.34. The van der Waals surface area contributed by atoms with Crippen LogP contribution in [0.4, 0.5) is 29.2 Å². The average molecular weight is 714 g/mol. The zero-order valence-corrected chi connectivity index (χ0v) is 28.6. The van der Waals surface area contributed by atoms with Gasteiger partial charge >= 0.3 is 12.2 Å². The molecule has 3 N–H and O–H groups in total. The van der Waals surface area contributed by atoms with E-state index < -0.39 is 17.9 Å². The summed E-state index contributed by atoms with van der Waals surface area (Å²) < 4.78 is 67.7. The number of nitrogens with two attached hydrogens (primary N) is 1. The van der Waals surface area contributed by atoms with Crippen molar-refractivity contribution in [1.82, 2.24) is 35.0 Å². The van der Waals surface area contributed by atoms with Crippen LogP contribution in [0, 0.1) is 6.92 Å². The highest BCUT2D eigenvalue weighted by atomic mass is 35.5. The summed E-state index contributed by atoms with van der Waals surface area (Å²) in [5, 5.41) is 7.13. The Morgan fingerprint density at radius 1 is 1.22 bits per heavy atom. The summed E-state index contributed by atoms with van der Waals surface area (Å²) in [4.78, 5) is 22.2. The van der Waals surface area contributed by atoms with E-state index in [0.717, 1.165) is 18.5 Å². The van der Waals surface area contributed by atoms with Gasteiger partial charge in [-0.3, -0.25) is 10.00 Å². The van der Waals surface area contributed by atoms with E-state index in [4.69, 9.17) is 26.8 Å². The highest BCUT2D eigenvalue weighted by Gasteiger charge is 2.40. The van der Waals surface area contributed by atoms with Crippen LogP contribution >= 0.6 is 11.6 Å². The van der Waals surface area contributed by atoms with E-state index in [1.165, 1.54) is 39.1 Å². The molecule has 1 aromatic carbocycles. The average Bonchev–Trinajstić information content (AvgIpc) is 3.78. The van der Waals surface area contributed by atoms with Crippen LogP contribution in [-0.2, 0) is 6.18 Å². The summed E-state index contributed by atoms with van der Waals surface area (Å²) in [5.41, 5.74) is 6.23. The molecule has 0 amide bonds. The molecule has 5 aromatic rings. The van der Waals surface area contributed by atoms with Gasteiger partial charge in [0.15, 0.2) is 0 Å². The molecule has 50 heavy (non-hydrogen) atoms. The van der Waals surface area contributed by atoms with Gasteiger partial charge in [0.25, 0.3) is 0 Å². The lowest BCUT2D eigenvalue weighted by atomic mass is 9.94. The van der Waals surface area contributed by atoms with Crippen molar-refractivity contribution in [2.75, 3.05) is 37.4 Å². The van der Waals surface area contributed by atoms with Gasteiger partial charge in [0.05, 0.1) is 47.2 Å². The molecule has 0 spiro atoms. The fourth-order valence-electron chi connectivity index (χ4n) is 7.50. The number of aromatic nitrogens is 6. The number of fused-ring (bicyclic) bond motifs is 2. The molecule has 4 aromatic heterocycles. The maximum absolute atomic E-state index is 14.5. The Morgan fingerprint density at radius 3 is 2.74 bits per heavy atom. The molecule has 16 heteroatoms. The second-order valence-electron chi connectivity index (χ2n) is 13.0. The number of hydrogen-bond acceptors (Lipinski definition) is 10. The van der Waals surface area contributed by atoms with E-state index in [0.29, 0.717) is 35.1 Å². The molecule has 3 aliphatic heterocycles. The minimum Gasteiger partial charge on any atom is -0.475 e. The number of anilines is 2. The Hall–Kier alpha value is -4.50. The molecule has 0 aliphatic carbocycles. The van der Waals surface area contributed by atoms with Gasteiger partial charge in [-0.1, -0.05) is 17.7 Å². The molecule has 264 valence electrons. The summed E-state index contributed by atoms with van der Waals surface area (Å²) >= 11 is 6.92. The molecule has 4 atom stereocenters. The SMILES string of the molecule is COc1nc2c3c(nc(-c4c(C(F)(F)F)c(C)cc5[nH]ncc45)c(Cl)c3n1)OC[C@H](C)N2C(C)c1cccnc1N.FC1CC2CCCN2C1. The molecule has 3 aliphatic rings. The lowest BCUT2D eigenvalue weighted by Crippen LogP contribution is -2.39. The van der Waals surface area contributed by atoms with Crippen LogP contribution in [0.1, 0.15) is 55.8 Å². The van der Waals surface area contributed by atoms with E-state index in [9.17, 15) is 17.6 Å². The molecule has 0 saturated carbocycles. The minimum absolute atomic E-state index is 0.0161. The van der Waals surface area contributed by atoms with Crippen molar-refractivity contribution in [2.24, 2.45) is 0 Å². The Morgan fingerprint density at radius 2 is 2.02 bits per heavy atom. The summed E-state index contributed by atoms with van der Waals surface area (Å²) in [6.07, 6.45) is 1.02. The Kier molecular flexibility index (Phi) is 8.83. The van der Waals surface area contributed by atoms with Crippen molar-refractivity contribution in [3.63, 3.8) is 0 Å². The van der Waals surface area contributed by atoms with Crippen LogP contribution in [0.3, 0.4) is 0 Å². The molecule has 2 saturated heterocycles. The Bertz CT molecular complexity index is 2060. The second kappa shape index (κ2) is 13.0. The smallest absolute Gasteiger partial charge is 0.417 e. The Balaban J connectivity index is 0.000000375. The van der Waals surface area contributed by atoms with Crippen molar-refractivity contribution in [2.45, 2.75) is 70.5 Å². The number of aromatic amines is 1. The summed E-state index contributed by atoms with van der Waals surface area (Å²) in [6, 6.07) is 5.00. The van der Waals surface area contributed by atoms with Crippen LogP contribution in [-0.4, -0.2) is 80.1 Å². The number of halogens is 5. The maximum atomic E-state index is 14.5. The van der Waals surface area contributed by atoms with Gasteiger partial charge in [-0.05, 0) is 64.3 Å². The van der Waals surface area contributed by atoms with Crippen LogP contribution in [0.15, 0.2) is 30.6 Å². The van der Waals surface area contributed by atoms with E-state index >= 15 is 0 Å². The number of H-pyrrole nitrogens is 1. The monoisotopic (exact) mass is 713 g/mol. The summed E-state index contributed by atoms with van der Waals surface area (Å²) in [5.74, 6) is 0.783. The number of ether oxygens (including phenoxy) is 2. The highest BCUT2D eigenvalue weighted by Crippen LogP contribution is 2.49. The fourth-order valence-corrected chi connectivity index (χ4v) is 7.78. The zero-order valence-electron chi connectivity index (χ0n) is 27.9. The number of rotatable bonds is 4. The summed E-state index contributed by atoms with van der Waals surface area (Å²) in [7, 11) is 1.39.